The molecular formula is C11H10O4. The Kier molecular flexibility index (Phi) is 2.53. The highest BCUT2D eigenvalue weighted by Crippen LogP contribution is 2.20. The molecule has 4 heteroatoms. The van der Waals surface area contributed by atoms with Gasteiger partial charge in [-0.05, 0) is 12.1 Å². The Morgan fingerprint density at radius 3 is 2.73 bits per heavy atom. The maximum atomic E-state index is 11.2. The van der Waals surface area contributed by atoms with E-state index in [0.717, 1.165) is 5.39 Å². The van der Waals surface area contributed by atoms with Crippen LogP contribution in [0.3, 0.4) is 0 Å². The minimum atomic E-state index is -0.515. The van der Waals surface area contributed by atoms with Crippen LogP contribution in [0.4, 0.5) is 0 Å². The zero-order valence-corrected chi connectivity index (χ0v) is 7.93. The summed E-state index contributed by atoms with van der Waals surface area (Å²) in [5.74, 6) is 0.109. The third-order valence-electron chi connectivity index (χ3n) is 2.19. The van der Waals surface area contributed by atoms with E-state index in [-0.39, 0.29) is 12.4 Å². The summed E-state index contributed by atoms with van der Waals surface area (Å²) in [7, 11) is 0. The van der Waals surface area contributed by atoms with E-state index in [4.69, 9.17) is 14.6 Å². The number of ketones is 1. The molecule has 0 saturated heterocycles. The molecule has 0 amide bonds. The third-order valence-corrected chi connectivity index (χ3v) is 2.19. The zero-order chi connectivity index (χ0) is 10.8. The number of benzene rings is 1. The Hall–Kier alpha value is -1.65. The van der Waals surface area contributed by atoms with Gasteiger partial charge in [0, 0.05) is 10.9 Å². The fourth-order valence-corrected chi connectivity index (χ4v) is 1.43. The maximum absolute atomic E-state index is 11.2. The van der Waals surface area contributed by atoms with Crippen molar-refractivity contribution >= 4 is 16.8 Å². The summed E-state index contributed by atoms with van der Waals surface area (Å²) in [5.41, 5.74) is 0.946. The van der Waals surface area contributed by atoms with Crippen molar-refractivity contribution in [3.05, 3.63) is 35.6 Å². The Morgan fingerprint density at radius 1 is 1.27 bits per heavy atom. The summed E-state index contributed by atoms with van der Waals surface area (Å²) in [5, 5.41) is 18.4. The average Bonchev–Trinajstić information content (AvgIpc) is 2.69. The van der Waals surface area contributed by atoms with Crippen molar-refractivity contribution in [2.24, 2.45) is 0 Å². The maximum Gasteiger partial charge on any atom is 0.188 e. The van der Waals surface area contributed by atoms with Crippen LogP contribution in [0.15, 0.2) is 28.7 Å². The molecule has 0 spiro atoms. The lowest BCUT2D eigenvalue weighted by Gasteiger charge is -1.95. The van der Waals surface area contributed by atoms with Gasteiger partial charge in [-0.1, -0.05) is 12.1 Å². The molecule has 0 aliphatic rings. The first-order valence-electron chi connectivity index (χ1n) is 4.52. The molecule has 15 heavy (non-hydrogen) atoms. The summed E-state index contributed by atoms with van der Waals surface area (Å²) in [4.78, 5) is 11.2. The van der Waals surface area contributed by atoms with Gasteiger partial charge in [-0.2, -0.15) is 0 Å². The Balaban J connectivity index is 2.50. The zero-order valence-electron chi connectivity index (χ0n) is 7.93. The molecule has 2 aromatic rings. The van der Waals surface area contributed by atoms with Crippen molar-refractivity contribution < 1.29 is 19.4 Å². The highest BCUT2D eigenvalue weighted by atomic mass is 16.4. The molecule has 2 rings (SSSR count). The predicted octanol–water partition coefficient (Wildman–Crippen LogP) is 1.10. The number of rotatable bonds is 3. The summed E-state index contributed by atoms with van der Waals surface area (Å²) < 4.78 is 5.27. The minimum absolute atomic E-state index is 0.169. The predicted molar refractivity (Wildman–Crippen MR) is 53.6 cm³/mol. The van der Waals surface area contributed by atoms with Crippen LogP contribution in [-0.2, 0) is 6.61 Å². The molecule has 0 bridgehead atoms. The third kappa shape index (κ3) is 1.77. The number of aliphatic hydroxyl groups is 2. The molecule has 1 aromatic heterocycles. The SMILES string of the molecule is O=C(CO)c1ccc2cc(CO)oc2c1. The first kappa shape index (κ1) is 9.89. The molecule has 0 atom stereocenters. The van der Waals surface area contributed by atoms with Crippen LogP contribution in [-0.4, -0.2) is 22.6 Å². The fraction of sp³-hybridized carbons (Fsp3) is 0.182. The molecule has 0 unspecified atom stereocenters. The van der Waals surface area contributed by atoms with E-state index in [1.165, 1.54) is 0 Å². The second kappa shape index (κ2) is 3.84. The molecule has 1 aromatic carbocycles. The molecule has 0 radical (unpaired) electrons. The first-order valence-corrected chi connectivity index (χ1v) is 4.52. The Labute approximate surface area is 85.8 Å². The summed E-state index contributed by atoms with van der Waals surface area (Å²) in [6.45, 7) is -0.683. The normalized spacial score (nSPS) is 10.8. The van der Waals surface area contributed by atoms with Crippen molar-refractivity contribution in [2.45, 2.75) is 6.61 Å². The Bertz CT molecular complexity index is 498. The highest BCUT2D eigenvalue weighted by molar-refractivity contribution is 5.99. The van der Waals surface area contributed by atoms with Gasteiger partial charge in [0.2, 0.25) is 0 Å². The lowest BCUT2D eigenvalue weighted by Crippen LogP contribution is -2.03. The van der Waals surface area contributed by atoms with Crippen LogP contribution in [0.2, 0.25) is 0 Å². The standard InChI is InChI=1S/C11H10O4/c12-5-9-3-8-2-1-7(10(14)6-13)4-11(8)15-9/h1-4,12-13H,5-6H2. The highest BCUT2D eigenvalue weighted by Gasteiger charge is 2.08. The number of furan rings is 1. The number of fused-ring (bicyclic) bond motifs is 1. The van der Waals surface area contributed by atoms with Crippen LogP contribution < -0.4 is 0 Å². The molecule has 0 aliphatic carbocycles. The van der Waals surface area contributed by atoms with Gasteiger partial charge in [-0.15, -0.1) is 0 Å². The van der Waals surface area contributed by atoms with E-state index in [9.17, 15) is 4.79 Å². The van der Waals surface area contributed by atoms with Gasteiger partial charge in [0.15, 0.2) is 5.78 Å². The number of carbonyl (C=O) groups is 1. The van der Waals surface area contributed by atoms with Crippen molar-refractivity contribution in [2.75, 3.05) is 6.61 Å². The molecule has 1 heterocycles. The van der Waals surface area contributed by atoms with Crippen LogP contribution >= 0.6 is 0 Å². The molecule has 78 valence electrons. The molecule has 0 fully saturated rings. The van der Waals surface area contributed by atoms with Crippen LogP contribution in [0.1, 0.15) is 16.1 Å². The van der Waals surface area contributed by atoms with Gasteiger partial charge >= 0.3 is 0 Å². The summed E-state index contributed by atoms with van der Waals surface area (Å²) >= 11 is 0. The van der Waals surface area contributed by atoms with E-state index in [1.807, 2.05) is 0 Å². The van der Waals surface area contributed by atoms with Crippen LogP contribution in [0, 0.1) is 0 Å². The minimum Gasteiger partial charge on any atom is -0.459 e. The van der Waals surface area contributed by atoms with Gasteiger partial charge in [-0.25, -0.2) is 0 Å². The van der Waals surface area contributed by atoms with Crippen LogP contribution in [0.5, 0.6) is 0 Å². The van der Waals surface area contributed by atoms with Gasteiger partial charge < -0.3 is 14.6 Å². The largest absolute Gasteiger partial charge is 0.459 e. The van der Waals surface area contributed by atoms with Crippen molar-refractivity contribution in [1.29, 1.82) is 0 Å². The molecule has 4 nitrogen and oxygen atoms in total. The van der Waals surface area contributed by atoms with E-state index in [1.54, 1.807) is 24.3 Å². The number of hydrogen-bond donors (Lipinski definition) is 2. The smallest absolute Gasteiger partial charge is 0.188 e. The van der Waals surface area contributed by atoms with Crippen molar-refractivity contribution in [1.82, 2.24) is 0 Å². The van der Waals surface area contributed by atoms with Gasteiger partial charge in [0.25, 0.3) is 0 Å². The van der Waals surface area contributed by atoms with Crippen molar-refractivity contribution in [3.63, 3.8) is 0 Å². The Morgan fingerprint density at radius 2 is 2.07 bits per heavy atom. The van der Waals surface area contributed by atoms with Crippen LogP contribution in [0.25, 0.3) is 11.0 Å². The monoisotopic (exact) mass is 206 g/mol. The second-order valence-corrected chi connectivity index (χ2v) is 3.20. The second-order valence-electron chi connectivity index (χ2n) is 3.20. The first-order chi connectivity index (χ1) is 7.24. The summed E-state index contributed by atoms with van der Waals surface area (Å²) in [6.07, 6.45) is 0. The van der Waals surface area contributed by atoms with Gasteiger partial charge in [0.1, 0.15) is 24.6 Å². The molecule has 2 N–H and O–H groups in total. The van der Waals surface area contributed by atoms with E-state index < -0.39 is 6.61 Å². The fourth-order valence-electron chi connectivity index (χ4n) is 1.43. The lowest BCUT2D eigenvalue weighted by atomic mass is 10.1. The molecule has 0 saturated carbocycles. The number of hydrogen-bond acceptors (Lipinski definition) is 4. The number of aliphatic hydroxyl groups excluding tert-OH is 2. The lowest BCUT2D eigenvalue weighted by molar-refractivity contribution is 0.0904. The van der Waals surface area contributed by atoms with Gasteiger partial charge in [-0.3, -0.25) is 4.79 Å². The topological polar surface area (TPSA) is 70.7 Å². The van der Waals surface area contributed by atoms with E-state index >= 15 is 0 Å². The van der Waals surface area contributed by atoms with E-state index in [0.29, 0.717) is 16.9 Å². The molecular weight excluding hydrogens is 196 g/mol. The summed E-state index contributed by atoms with van der Waals surface area (Å²) in [6, 6.07) is 6.62. The number of carbonyl (C=O) groups excluding carboxylic acids is 1. The van der Waals surface area contributed by atoms with Gasteiger partial charge in [0.05, 0.1) is 0 Å². The van der Waals surface area contributed by atoms with Crippen molar-refractivity contribution in [3.8, 4) is 0 Å². The number of Topliss-reactive ketones (excluding diaryl/α,β-unsaturated/α-hetero) is 1. The average molecular weight is 206 g/mol. The quantitative estimate of drug-likeness (QED) is 0.738. The molecule has 0 aliphatic heterocycles. The van der Waals surface area contributed by atoms with E-state index in [2.05, 4.69) is 0 Å².